The van der Waals surface area contributed by atoms with Crippen LogP contribution >= 0.6 is 0 Å². The van der Waals surface area contributed by atoms with Crippen molar-refractivity contribution in [1.29, 1.82) is 0 Å². The second kappa shape index (κ2) is 4.54. The number of rotatable bonds is 3. The first kappa shape index (κ1) is 12.5. The van der Waals surface area contributed by atoms with Crippen LogP contribution in [-0.4, -0.2) is 29.7 Å². The minimum absolute atomic E-state index is 0.0638. The van der Waals surface area contributed by atoms with Crippen LogP contribution in [0.4, 0.5) is 24.9 Å². The van der Waals surface area contributed by atoms with E-state index in [4.69, 9.17) is 5.73 Å². The van der Waals surface area contributed by atoms with Crippen LogP contribution < -0.4 is 10.6 Å². The minimum Gasteiger partial charge on any atom is -0.368 e. The molecule has 0 radical (unpaired) electrons. The van der Waals surface area contributed by atoms with Gasteiger partial charge in [-0.2, -0.15) is 18.2 Å². The summed E-state index contributed by atoms with van der Waals surface area (Å²) >= 11 is 0. The minimum atomic E-state index is -4.16. The van der Waals surface area contributed by atoms with E-state index in [9.17, 15) is 13.2 Å². The van der Waals surface area contributed by atoms with E-state index >= 15 is 0 Å². The molecule has 1 rings (SSSR count). The first-order valence-electron chi connectivity index (χ1n) is 4.67. The predicted octanol–water partition coefficient (Wildman–Crippen LogP) is 1.76. The Kier molecular flexibility index (Phi) is 3.56. The zero-order valence-corrected chi connectivity index (χ0v) is 9.04. The maximum atomic E-state index is 12.0. The summed E-state index contributed by atoms with van der Waals surface area (Å²) in [4.78, 5) is 9.10. The molecule has 2 N–H and O–H groups in total. The lowest BCUT2D eigenvalue weighted by molar-refractivity contribution is -0.132. The van der Waals surface area contributed by atoms with Crippen molar-refractivity contribution >= 4 is 11.8 Å². The van der Waals surface area contributed by atoms with Crippen LogP contribution in [0, 0.1) is 6.92 Å². The van der Waals surface area contributed by atoms with E-state index in [1.54, 1.807) is 13.0 Å². The van der Waals surface area contributed by atoms with Gasteiger partial charge in [0.1, 0.15) is 5.82 Å². The van der Waals surface area contributed by atoms with Crippen LogP contribution in [0.2, 0.25) is 0 Å². The van der Waals surface area contributed by atoms with E-state index in [2.05, 4.69) is 9.97 Å². The van der Waals surface area contributed by atoms with Gasteiger partial charge in [-0.15, -0.1) is 0 Å². The number of alkyl halides is 3. The zero-order chi connectivity index (χ0) is 12.3. The van der Waals surface area contributed by atoms with Gasteiger partial charge in [0.2, 0.25) is 5.95 Å². The molecule has 0 aliphatic rings. The van der Waals surface area contributed by atoms with Crippen molar-refractivity contribution in [2.45, 2.75) is 19.5 Å². The predicted molar refractivity (Wildman–Crippen MR) is 55.1 cm³/mol. The molecule has 7 heteroatoms. The van der Waals surface area contributed by atoms with Gasteiger partial charge < -0.3 is 10.6 Å². The second-order valence-electron chi connectivity index (χ2n) is 3.51. The van der Waals surface area contributed by atoms with Crippen LogP contribution in [0.5, 0.6) is 0 Å². The standard InChI is InChI=1S/C9H13F3N4/c1-6-5-7(15-8(13)14-6)16(2)4-3-9(10,11)12/h5H,3-4H2,1-2H3,(H2,13,14,15). The number of nitrogens with two attached hydrogens (primary N) is 1. The van der Waals surface area contributed by atoms with Crippen molar-refractivity contribution in [3.63, 3.8) is 0 Å². The first-order chi connectivity index (χ1) is 7.28. The average molecular weight is 234 g/mol. The molecule has 1 aromatic heterocycles. The lowest BCUT2D eigenvalue weighted by atomic mass is 10.3. The SMILES string of the molecule is Cc1cc(N(C)CCC(F)(F)F)nc(N)n1. The molecular formula is C9H13F3N4. The van der Waals surface area contributed by atoms with Gasteiger partial charge in [0, 0.05) is 25.4 Å². The fraction of sp³-hybridized carbons (Fsp3) is 0.556. The third-order valence-corrected chi connectivity index (χ3v) is 1.98. The Morgan fingerprint density at radius 3 is 2.50 bits per heavy atom. The molecule has 0 amide bonds. The Morgan fingerprint density at radius 1 is 1.38 bits per heavy atom. The van der Waals surface area contributed by atoms with Crippen molar-refractivity contribution in [2.24, 2.45) is 0 Å². The van der Waals surface area contributed by atoms with Crippen molar-refractivity contribution in [3.05, 3.63) is 11.8 Å². The van der Waals surface area contributed by atoms with Crippen molar-refractivity contribution in [3.8, 4) is 0 Å². The number of aryl methyl sites for hydroxylation is 1. The monoisotopic (exact) mass is 234 g/mol. The summed E-state index contributed by atoms with van der Waals surface area (Å²) in [5.74, 6) is 0.461. The van der Waals surface area contributed by atoms with Gasteiger partial charge in [0.15, 0.2) is 0 Å². The number of anilines is 2. The molecule has 0 unspecified atom stereocenters. The smallest absolute Gasteiger partial charge is 0.368 e. The summed E-state index contributed by atoms with van der Waals surface area (Å²) in [5, 5.41) is 0. The molecule has 0 saturated heterocycles. The molecule has 0 fully saturated rings. The van der Waals surface area contributed by atoms with Crippen LogP contribution in [-0.2, 0) is 0 Å². The van der Waals surface area contributed by atoms with Crippen LogP contribution in [0.15, 0.2) is 6.07 Å². The fourth-order valence-electron chi connectivity index (χ4n) is 1.18. The molecule has 0 spiro atoms. The van der Waals surface area contributed by atoms with E-state index in [1.807, 2.05) is 0 Å². The molecule has 0 atom stereocenters. The number of hydrogen-bond donors (Lipinski definition) is 1. The third kappa shape index (κ3) is 3.92. The summed E-state index contributed by atoms with van der Waals surface area (Å²) in [6.45, 7) is 1.55. The zero-order valence-electron chi connectivity index (χ0n) is 9.04. The highest BCUT2D eigenvalue weighted by molar-refractivity contribution is 5.42. The summed E-state index contributed by atoms with van der Waals surface area (Å²) in [7, 11) is 1.53. The number of nitrogen functional groups attached to an aromatic ring is 1. The number of aromatic nitrogens is 2. The number of nitrogens with zero attached hydrogens (tertiary/aromatic N) is 3. The van der Waals surface area contributed by atoms with Gasteiger partial charge in [0.05, 0.1) is 6.42 Å². The number of halogens is 3. The van der Waals surface area contributed by atoms with Gasteiger partial charge in [-0.25, -0.2) is 4.98 Å². The molecule has 0 bridgehead atoms. The third-order valence-electron chi connectivity index (χ3n) is 1.98. The van der Waals surface area contributed by atoms with E-state index in [0.717, 1.165) is 0 Å². The number of hydrogen-bond acceptors (Lipinski definition) is 4. The molecule has 1 aromatic rings. The maximum Gasteiger partial charge on any atom is 0.390 e. The lowest BCUT2D eigenvalue weighted by Crippen LogP contribution is -2.25. The van der Waals surface area contributed by atoms with Gasteiger partial charge in [0.25, 0.3) is 0 Å². The summed E-state index contributed by atoms with van der Waals surface area (Å²) in [6, 6.07) is 1.59. The van der Waals surface area contributed by atoms with E-state index < -0.39 is 12.6 Å². The molecule has 90 valence electrons. The van der Waals surface area contributed by atoms with Crippen LogP contribution in [0.1, 0.15) is 12.1 Å². The van der Waals surface area contributed by atoms with Gasteiger partial charge in [-0.1, -0.05) is 0 Å². The molecule has 4 nitrogen and oxygen atoms in total. The quantitative estimate of drug-likeness (QED) is 0.865. The summed E-state index contributed by atoms with van der Waals surface area (Å²) in [5.41, 5.74) is 6.03. The second-order valence-corrected chi connectivity index (χ2v) is 3.51. The van der Waals surface area contributed by atoms with Crippen molar-refractivity contribution in [1.82, 2.24) is 9.97 Å². The highest BCUT2D eigenvalue weighted by Crippen LogP contribution is 2.21. The summed E-state index contributed by atoms with van der Waals surface area (Å²) in [6.07, 6.45) is -5.05. The molecule has 16 heavy (non-hydrogen) atoms. The molecule has 0 aromatic carbocycles. The lowest BCUT2D eigenvalue weighted by Gasteiger charge is -2.19. The van der Waals surface area contributed by atoms with Crippen molar-refractivity contribution < 1.29 is 13.2 Å². The van der Waals surface area contributed by atoms with Gasteiger partial charge in [-0.3, -0.25) is 0 Å². The molecule has 1 heterocycles. The normalized spacial score (nSPS) is 11.6. The van der Waals surface area contributed by atoms with Crippen molar-refractivity contribution in [2.75, 3.05) is 24.2 Å². The Morgan fingerprint density at radius 2 is 2.00 bits per heavy atom. The van der Waals surface area contributed by atoms with Crippen LogP contribution in [0.25, 0.3) is 0 Å². The van der Waals surface area contributed by atoms with Crippen LogP contribution in [0.3, 0.4) is 0 Å². The highest BCUT2D eigenvalue weighted by Gasteiger charge is 2.27. The van der Waals surface area contributed by atoms with E-state index in [0.29, 0.717) is 11.5 Å². The first-order valence-corrected chi connectivity index (χ1v) is 4.67. The Labute approximate surface area is 91.3 Å². The molecule has 0 aliphatic carbocycles. The van der Waals surface area contributed by atoms with E-state index in [1.165, 1.54) is 11.9 Å². The topological polar surface area (TPSA) is 55.0 Å². The molecule has 0 aliphatic heterocycles. The molecular weight excluding hydrogens is 221 g/mol. The largest absolute Gasteiger partial charge is 0.390 e. The highest BCUT2D eigenvalue weighted by atomic mass is 19.4. The average Bonchev–Trinajstić information content (AvgIpc) is 2.11. The Hall–Kier alpha value is -1.53. The summed E-state index contributed by atoms with van der Waals surface area (Å²) < 4.78 is 36.0. The maximum absolute atomic E-state index is 12.0. The Bertz CT molecular complexity index is 344. The fourth-order valence-corrected chi connectivity index (χ4v) is 1.18. The molecule has 0 saturated carbocycles. The van der Waals surface area contributed by atoms with Gasteiger partial charge >= 0.3 is 6.18 Å². The van der Waals surface area contributed by atoms with Gasteiger partial charge in [-0.05, 0) is 6.92 Å². The van der Waals surface area contributed by atoms with E-state index in [-0.39, 0.29) is 12.5 Å². The Balaban J connectivity index is 2.69.